The van der Waals surface area contributed by atoms with Crippen molar-refractivity contribution in [2.45, 2.75) is 32.9 Å². The first kappa shape index (κ1) is 24.8. The molecular weight excluding hydrogens is 516 g/mol. The number of carbonyl (C=O) groups excluding carboxylic acids is 1. The van der Waals surface area contributed by atoms with Gasteiger partial charge in [0.15, 0.2) is 5.65 Å². The quantitative estimate of drug-likeness (QED) is 0.338. The molecule has 11 heteroatoms. The van der Waals surface area contributed by atoms with Crippen molar-refractivity contribution in [1.29, 1.82) is 5.26 Å². The largest absolute Gasteiger partial charge is 0.348 e. The van der Waals surface area contributed by atoms with Crippen molar-refractivity contribution in [3.8, 4) is 17.5 Å². The summed E-state index contributed by atoms with van der Waals surface area (Å²) in [5.74, 6) is 0.0338. The number of halogens is 1. The van der Waals surface area contributed by atoms with Crippen LogP contribution in [0.5, 0.6) is 0 Å². The normalized spacial score (nSPS) is 13.9. The predicted octanol–water partition coefficient (Wildman–Crippen LogP) is 3.52. The number of para-hydroxylation sites is 1. The number of nitrogens with zero attached hydrogens (tertiary/aromatic N) is 8. The number of carbonyl (C=O) groups is 1. The third-order valence-corrected chi connectivity index (χ3v) is 7.46. The van der Waals surface area contributed by atoms with E-state index < -0.39 is 5.91 Å². The molecule has 1 aliphatic rings. The summed E-state index contributed by atoms with van der Waals surface area (Å²) in [6, 6.07) is 11.5. The molecule has 4 aromatic heterocycles. The zero-order chi connectivity index (χ0) is 27.4. The van der Waals surface area contributed by atoms with Crippen molar-refractivity contribution in [2.24, 2.45) is 25.0 Å². The van der Waals surface area contributed by atoms with E-state index in [-0.39, 0.29) is 11.2 Å². The van der Waals surface area contributed by atoms with Crippen LogP contribution in [0.4, 0.5) is 0 Å². The van der Waals surface area contributed by atoms with Crippen LogP contribution in [0.25, 0.3) is 33.3 Å². The Bertz CT molecular complexity index is 1980. The van der Waals surface area contributed by atoms with Gasteiger partial charge in [-0.15, -0.1) is 0 Å². The molecule has 4 heterocycles. The van der Waals surface area contributed by atoms with Gasteiger partial charge in [0, 0.05) is 45.3 Å². The molecule has 0 atom stereocenters. The van der Waals surface area contributed by atoms with Gasteiger partial charge in [-0.3, -0.25) is 28.4 Å². The first-order valence-corrected chi connectivity index (χ1v) is 13.0. The van der Waals surface area contributed by atoms with E-state index in [4.69, 9.17) is 16.7 Å². The number of aromatic nitrogens is 6. The highest BCUT2D eigenvalue weighted by atomic mass is 35.5. The van der Waals surface area contributed by atoms with E-state index in [9.17, 15) is 14.9 Å². The molecule has 1 aromatic carbocycles. The Morgan fingerprint density at radius 3 is 2.74 bits per heavy atom. The molecule has 0 radical (unpaired) electrons. The summed E-state index contributed by atoms with van der Waals surface area (Å²) in [5.41, 5.74) is 3.75. The SMILES string of the molecule is CC(=O)N=c1n(C)c(=O)c2c(-c3cc(C#N)cn3C)n(Cc3ccnc4c(Cl)cccc34)nc2n1CC1CC1. The van der Waals surface area contributed by atoms with Crippen molar-refractivity contribution in [3.05, 3.63) is 74.8 Å². The Kier molecular flexibility index (Phi) is 5.96. The third-order valence-electron chi connectivity index (χ3n) is 7.15. The third kappa shape index (κ3) is 4.25. The fraction of sp³-hybridized carbons (Fsp3) is 0.286. The van der Waals surface area contributed by atoms with E-state index in [2.05, 4.69) is 16.0 Å². The minimum absolute atomic E-state index is 0.272. The zero-order valence-electron chi connectivity index (χ0n) is 21.7. The number of hydrogen-bond acceptors (Lipinski definition) is 5. The van der Waals surface area contributed by atoms with E-state index in [0.29, 0.717) is 57.5 Å². The minimum atomic E-state index is -0.394. The maximum absolute atomic E-state index is 13.9. The molecule has 39 heavy (non-hydrogen) atoms. The topological polar surface area (TPSA) is 116 Å². The van der Waals surface area contributed by atoms with Crippen LogP contribution >= 0.6 is 11.6 Å². The van der Waals surface area contributed by atoms with Crippen molar-refractivity contribution in [3.63, 3.8) is 0 Å². The average Bonchev–Trinajstić information content (AvgIpc) is 3.55. The standard InChI is InChI=1S/C28H25ClN8O2/c1-16(38)32-28-35(3)27(39)23-25(22-11-18(12-30)13-34(22)2)37(33-26(23)36(28)14-17-7-8-17)15-19-9-10-31-24-20(19)5-4-6-21(24)29/h4-6,9-11,13,17H,7-8,14-15H2,1-3H3. The number of aryl methyl sites for hydroxylation is 1. The summed E-state index contributed by atoms with van der Waals surface area (Å²) in [6.45, 7) is 2.28. The van der Waals surface area contributed by atoms with E-state index in [1.807, 2.05) is 34.4 Å². The molecule has 1 saturated carbocycles. The Balaban J connectivity index is 1.71. The smallest absolute Gasteiger partial charge is 0.266 e. The molecule has 6 rings (SSSR count). The first-order chi connectivity index (χ1) is 18.8. The second-order valence-corrected chi connectivity index (χ2v) is 10.4. The van der Waals surface area contributed by atoms with Gasteiger partial charge in [-0.05, 0) is 42.5 Å². The first-order valence-electron chi connectivity index (χ1n) is 12.6. The van der Waals surface area contributed by atoms with Crippen LogP contribution in [-0.4, -0.2) is 34.4 Å². The van der Waals surface area contributed by atoms with Crippen LogP contribution < -0.4 is 11.2 Å². The highest BCUT2D eigenvalue weighted by Gasteiger charge is 2.28. The Hall–Kier alpha value is -4.49. The number of fused-ring (bicyclic) bond motifs is 2. The second-order valence-electron chi connectivity index (χ2n) is 10.00. The fourth-order valence-corrected chi connectivity index (χ4v) is 5.33. The van der Waals surface area contributed by atoms with Gasteiger partial charge in [0.25, 0.3) is 5.56 Å². The van der Waals surface area contributed by atoms with Crippen LogP contribution in [0.1, 0.15) is 30.9 Å². The van der Waals surface area contributed by atoms with Gasteiger partial charge in [-0.1, -0.05) is 23.7 Å². The van der Waals surface area contributed by atoms with Gasteiger partial charge in [-0.2, -0.15) is 15.4 Å². The van der Waals surface area contributed by atoms with Gasteiger partial charge in [0.05, 0.1) is 28.3 Å². The maximum atomic E-state index is 13.9. The molecule has 0 aliphatic heterocycles. The number of nitriles is 1. The summed E-state index contributed by atoms with van der Waals surface area (Å²) < 4.78 is 6.91. The maximum Gasteiger partial charge on any atom is 0.266 e. The van der Waals surface area contributed by atoms with Gasteiger partial charge in [0.1, 0.15) is 17.1 Å². The van der Waals surface area contributed by atoms with Gasteiger partial charge in [-0.25, -0.2) is 0 Å². The fourth-order valence-electron chi connectivity index (χ4n) is 5.10. The molecule has 0 unspecified atom stereocenters. The molecular formula is C28H25ClN8O2. The number of amides is 1. The monoisotopic (exact) mass is 540 g/mol. The van der Waals surface area contributed by atoms with Crippen molar-refractivity contribution in [1.82, 2.24) is 28.5 Å². The van der Waals surface area contributed by atoms with E-state index in [1.54, 1.807) is 36.3 Å². The van der Waals surface area contributed by atoms with Crippen LogP contribution in [0.2, 0.25) is 5.02 Å². The molecule has 1 amide bonds. The Morgan fingerprint density at radius 1 is 1.26 bits per heavy atom. The molecule has 5 aromatic rings. The molecule has 196 valence electrons. The summed E-state index contributed by atoms with van der Waals surface area (Å²) >= 11 is 6.43. The number of rotatable bonds is 5. The van der Waals surface area contributed by atoms with Crippen LogP contribution in [-0.2, 0) is 32.0 Å². The summed E-state index contributed by atoms with van der Waals surface area (Å²) in [6.07, 6.45) is 5.57. The average molecular weight is 541 g/mol. The van der Waals surface area contributed by atoms with E-state index >= 15 is 0 Å². The van der Waals surface area contributed by atoms with E-state index in [1.165, 1.54) is 11.5 Å². The second kappa shape index (κ2) is 9.36. The lowest BCUT2D eigenvalue weighted by atomic mass is 10.1. The molecule has 0 bridgehead atoms. The predicted molar refractivity (Wildman–Crippen MR) is 147 cm³/mol. The minimum Gasteiger partial charge on any atom is -0.348 e. The number of benzene rings is 1. The number of pyridine rings is 1. The summed E-state index contributed by atoms with van der Waals surface area (Å²) in [4.78, 5) is 34.6. The summed E-state index contributed by atoms with van der Waals surface area (Å²) in [7, 11) is 3.46. The molecule has 0 saturated heterocycles. The lowest BCUT2D eigenvalue weighted by Crippen LogP contribution is -2.40. The Labute approximate surface area is 228 Å². The molecule has 0 spiro atoms. The number of hydrogen-bond donors (Lipinski definition) is 0. The van der Waals surface area contributed by atoms with Gasteiger partial charge >= 0.3 is 0 Å². The van der Waals surface area contributed by atoms with Crippen LogP contribution in [0, 0.1) is 17.2 Å². The van der Waals surface area contributed by atoms with Gasteiger partial charge in [0.2, 0.25) is 11.5 Å². The lowest BCUT2D eigenvalue weighted by molar-refractivity contribution is -0.116. The Morgan fingerprint density at radius 2 is 2.05 bits per heavy atom. The van der Waals surface area contributed by atoms with E-state index in [0.717, 1.165) is 23.8 Å². The van der Waals surface area contributed by atoms with Crippen molar-refractivity contribution >= 4 is 39.4 Å². The van der Waals surface area contributed by atoms with Crippen molar-refractivity contribution < 1.29 is 4.79 Å². The van der Waals surface area contributed by atoms with Crippen LogP contribution in [0.15, 0.2) is 52.5 Å². The van der Waals surface area contributed by atoms with Crippen LogP contribution in [0.3, 0.4) is 0 Å². The van der Waals surface area contributed by atoms with Crippen molar-refractivity contribution in [2.75, 3.05) is 0 Å². The zero-order valence-corrected chi connectivity index (χ0v) is 22.5. The summed E-state index contributed by atoms with van der Waals surface area (Å²) in [5, 5.41) is 16.4. The molecule has 1 fully saturated rings. The molecule has 1 aliphatic carbocycles. The highest BCUT2D eigenvalue weighted by molar-refractivity contribution is 6.35. The van der Waals surface area contributed by atoms with Gasteiger partial charge < -0.3 is 4.57 Å². The molecule has 10 nitrogen and oxygen atoms in total. The highest BCUT2D eigenvalue weighted by Crippen LogP contribution is 2.33. The molecule has 0 N–H and O–H groups in total. The lowest BCUT2D eigenvalue weighted by Gasteiger charge is -2.12.